The highest BCUT2D eigenvalue weighted by molar-refractivity contribution is 6.09. The summed E-state index contributed by atoms with van der Waals surface area (Å²) in [6.45, 7) is 0. The number of aromatic nitrogens is 2. The Bertz CT molecular complexity index is 742. The Labute approximate surface area is 128 Å². The van der Waals surface area contributed by atoms with Crippen LogP contribution in [-0.4, -0.2) is 33.3 Å². The van der Waals surface area contributed by atoms with E-state index in [0.29, 0.717) is 12.0 Å². The maximum atomic E-state index is 13.0. The third-order valence-electron chi connectivity index (χ3n) is 3.39. The van der Waals surface area contributed by atoms with Crippen molar-refractivity contribution in [2.75, 3.05) is 0 Å². The second-order valence-corrected chi connectivity index (χ2v) is 4.92. The van der Waals surface area contributed by atoms with Gasteiger partial charge in [-0.05, 0) is 18.2 Å². The van der Waals surface area contributed by atoms with Gasteiger partial charge in [0.2, 0.25) is 0 Å². The van der Waals surface area contributed by atoms with Gasteiger partial charge in [-0.1, -0.05) is 6.08 Å². The van der Waals surface area contributed by atoms with Crippen molar-refractivity contribution in [1.29, 1.82) is 0 Å². The quantitative estimate of drug-likeness (QED) is 0.589. The van der Waals surface area contributed by atoms with Gasteiger partial charge in [0.25, 0.3) is 0 Å². The van der Waals surface area contributed by atoms with Gasteiger partial charge in [0.15, 0.2) is 5.69 Å². The van der Waals surface area contributed by atoms with Gasteiger partial charge >= 0.3 is 6.18 Å². The number of rotatable bonds is 3. The summed E-state index contributed by atoms with van der Waals surface area (Å²) in [5, 5.41) is 18.3. The molecule has 120 valence electrons. The molecule has 2 aliphatic rings. The summed E-state index contributed by atoms with van der Waals surface area (Å²) in [5.41, 5.74) is 1.99. The molecule has 0 fully saturated rings. The van der Waals surface area contributed by atoms with Gasteiger partial charge < -0.3 is 10.5 Å². The van der Waals surface area contributed by atoms with Gasteiger partial charge in [-0.15, -0.1) is 0 Å². The summed E-state index contributed by atoms with van der Waals surface area (Å²) in [6, 6.07) is 0.0328. The molecular formula is C14H12F3N5O. The number of halogens is 3. The van der Waals surface area contributed by atoms with Crippen molar-refractivity contribution in [2.24, 2.45) is 16.0 Å². The zero-order valence-corrected chi connectivity index (χ0v) is 11.6. The Balaban J connectivity index is 1.99. The van der Waals surface area contributed by atoms with E-state index in [1.807, 2.05) is 6.08 Å². The van der Waals surface area contributed by atoms with Gasteiger partial charge in [-0.25, -0.2) is 4.99 Å². The lowest BCUT2D eigenvalue weighted by atomic mass is 9.96. The fourth-order valence-corrected chi connectivity index (χ4v) is 2.34. The van der Waals surface area contributed by atoms with Crippen LogP contribution in [0.4, 0.5) is 13.2 Å². The molecular weight excluding hydrogens is 311 g/mol. The van der Waals surface area contributed by atoms with Crippen molar-refractivity contribution < 1.29 is 18.3 Å². The van der Waals surface area contributed by atoms with Crippen molar-refractivity contribution in [1.82, 2.24) is 15.6 Å². The lowest BCUT2D eigenvalue weighted by molar-refractivity contribution is -0.141. The van der Waals surface area contributed by atoms with Crippen molar-refractivity contribution in [3.63, 3.8) is 0 Å². The molecule has 1 aliphatic heterocycles. The molecule has 1 aliphatic carbocycles. The number of hydrogen-bond acceptors (Lipinski definition) is 5. The number of hydrogen-bond donors (Lipinski definition) is 3. The summed E-state index contributed by atoms with van der Waals surface area (Å²) in [7, 11) is 0. The molecule has 3 rings (SSSR count). The van der Waals surface area contributed by atoms with Gasteiger partial charge in [0.05, 0.1) is 29.3 Å². The van der Waals surface area contributed by atoms with Crippen LogP contribution in [0.25, 0.3) is 0 Å². The van der Waals surface area contributed by atoms with E-state index in [9.17, 15) is 13.2 Å². The van der Waals surface area contributed by atoms with E-state index >= 15 is 0 Å². The number of aliphatic hydroxyl groups excluding tert-OH is 1. The van der Waals surface area contributed by atoms with E-state index in [-0.39, 0.29) is 23.2 Å². The van der Waals surface area contributed by atoms with Gasteiger partial charge in [0.1, 0.15) is 0 Å². The molecule has 9 heteroatoms. The molecule has 0 aromatic carbocycles. The van der Waals surface area contributed by atoms with Crippen LogP contribution in [-0.2, 0) is 6.18 Å². The number of aliphatic hydroxyl groups is 1. The van der Waals surface area contributed by atoms with E-state index in [2.05, 4.69) is 25.7 Å². The average molecular weight is 323 g/mol. The topological polar surface area (TPSA) is 85.7 Å². The van der Waals surface area contributed by atoms with E-state index in [4.69, 9.17) is 5.11 Å². The second-order valence-electron chi connectivity index (χ2n) is 4.92. The average Bonchev–Trinajstić information content (AvgIpc) is 3.14. The number of hydrazone groups is 1. The number of nitrogens with zero attached hydrogens (tertiary/aromatic N) is 3. The molecule has 0 spiro atoms. The molecule has 3 N–H and O–H groups in total. The number of H-pyrrole nitrogens is 1. The number of nitrogens with one attached hydrogen (secondary N) is 2. The number of aliphatic imine (C=N–C) groups is 1. The summed E-state index contributed by atoms with van der Waals surface area (Å²) < 4.78 is 38.9. The molecule has 1 aromatic rings. The minimum Gasteiger partial charge on any atom is -0.516 e. The van der Waals surface area contributed by atoms with Crippen molar-refractivity contribution in [2.45, 2.75) is 12.2 Å². The SMILES string of the molecule is O/C=C/C(=N\C1=CC2C=NNC2C=C1)c1c[nH]nc1C(F)(F)F. The lowest BCUT2D eigenvalue weighted by Crippen LogP contribution is -2.25. The first-order valence-corrected chi connectivity index (χ1v) is 6.68. The zero-order valence-electron chi connectivity index (χ0n) is 11.6. The first-order chi connectivity index (χ1) is 11.0. The molecule has 0 amide bonds. The molecule has 0 saturated carbocycles. The van der Waals surface area contributed by atoms with Crippen LogP contribution in [0.5, 0.6) is 0 Å². The molecule has 2 heterocycles. The highest BCUT2D eigenvalue weighted by Crippen LogP contribution is 2.31. The van der Waals surface area contributed by atoms with Crippen LogP contribution >= 0.6 is 0 Å². The molecule has 0 saturated heterocycles. The van der Waals surface area contributed by atoms with E-state index < -0.39 is 11.9 Å². The highest BCUT2D eigenvalue weighted by Gasteiger charge is 2.37. The second kappa shape index (κ2) is 5.75. The molecule has 23 heavy (non-hydrogen) atoms. The van der Waals surface area contributed by atoms with Crippen molar-refractivity contribution in [3.05, 3.63) is 53.7 Å². The van der Waals surface area contributed by atoms with E-state index in [0.717, 1.165) is 12.3 Å². The largest absolute Gasteiger partial charge is 0.516 e. The first kappa shape index (κ1) is 15.1. The lowest BCUT2D eigenvalue weighted by Gasteiger charge is -2.15. The first-order valence-electron chi connectivity index (χ1n) is 6.68. The Morgan fingerprint density at radius 1 is 1.39 bits per heavy atom. The van der Waals surface area contributed by atoms with Crippen LogP contribution in [0.3, 0.4) is 0 Å². The summed E-state index contributed by atoms with van der Waals surface area (Å²) >= 11 is 0. The van der Waals surface area contributed by atoms with Gasteiger partial charge in [-0.3, -0.25) is 5.10 Å². The predicted molar refractivity (Wildman–Crippen MR) is 78.0 cm³/mol. The Morgan fingerprint density at radius 3 is 2.96 bits per heavy atom. The normalized spacial score (nSPS) is 24.0. The monoisotopic (exact) mass is 323 g/mol. The van der Waals surface area contributed by atoms with Crippen LogP contribution in [0.2, 0.25) is 0 Å². The molecule has 0 bridgehead atoms. The predicted octanol–water partition coefficient (Wildman–Crippen LogP) is 2.32. The number of alkyl halides is 3. The molecule has 2 atom stereocenters. The third kappa shape index (κ3) is 3.03. The zero-order chi connectivity index (χ0) is 16.4. The van der Waals surface area contributed by atoms with Crippen molar-refractivity contribution in [3.8, 4) is 0 Å². The van der Waals surface area contributed by atoms with Crippen LogP contribution in [0, 0.1) is 5.92 Å². The molecule has 2 unspecified atom stereocenters. The Hall–Kier alpha value is -2.84. The highest BCUT2D eigenvalue weighted by atomic mass is 19.4. The van der Waals surface area contributed by atoms with Crippen molar-refractivity contribution >= 4 is 11.9 Å². The van der Waals surface area contributed by atoms with Gasteiger partial charge in [0, 0.05) is 18.3 Å². The summed E-state index contributed by atoms with van der Waals surface area (Å²) in [4.78, 5) is 4.20. The molecule has 1 aromatic heterocycles. The third-order valence-corrected chi connectivity index (χ3v) is 3.39. The Kier molecular flexibility index (Phi) is 3.77. The van der Waals surface area contributed by atoms with Gasteiger partial charge in [-0.2, -0.15) is 23.4 Å². The smallest absolute Gasteiger partial charge is 0.435 e. The number of fused-ring (bicyclic) bond motifs is 1. The molecule has 0 radical (unpaired) electrons. The standard InChI is InChI=1S/C14H12F3N5O/c15-14(16,17)13-10(7-19-22-13)12(3-4-23)20-9-1-2-11-8(5-9)6-18-21-11/h1-8,11,21,23H,(H,19,22)/b4-3+,20-12+. The number of aromatic amines is 1. The molecule has 6 nitrogen and oxygen atoms in total. The Morgan fingerprint density at radius 2 is 2.22 bits per heavy atom. The maximum Gasteiger partial charge on any atom is 0.435 e. The number of allylic oxidation sites excluding steroid dienone is 2. The maximum absolute atomic E-state index is 13.0. The van der Waals surface area contributed by atoms with E-state index in [1.54, 1.807) is 18.4 Å². The summed E-state index contributed by atoms with van der Waals surface area (Å²) in [6.07, 6.45) is 5.19. The van der Waals surface area contributed by atoms with Crippen LogP contribution in [0.15, 0.2) is 52.6 Å². The fraction of sp³-hybridized carbons (Fsp3) is 0.214. The van der Waals surface area contributed by atoms with E-state index in [1.165, 1.54) is 0 Å². The minimum absolute atomic E-state index is 0.00968. The van der Waals surface area contributed by atoms with Crippen LogP contribution in [0.1, 0.15) is 11.3 Å². The minimum atomic E-state index is -4.62. The summed E-state index contributed by atoms with van der Waals surface area (Å²) in [5.74, 6) is -0.00968. The van der Waals surface area contributed by atoms with Crippen LogP contribution < -0.4 is 5.43 Å². The fourth-order valence-electron chi connectivity index (χ4n) is 2.34.